The normalized spacial score (nSPS) is 13.7. The number of hydrogen-bond acceptors (Lipinski definition) is 4. The number of nitrogens with zero attached hydrogens (tertiary/aromatic N) is 3. The van der Waals surface area contributed by atoms with Gasteiger partial charge in [0.2, 0.25) is 5.91 Å². The topological polar surface area (TPSA) is 82.1 Å². The van der Waals surface area contributed by atoms with E-state index in [0.29, 0.717) is 29.9 Å². The Kier molecular flexibility index (Phi) is 5.84. The smallest absolute Gasteiger partial charge is 0.270 e. The molecule has 3 amide bonds. The molecule has 7 nitrogen and oxygen atoms in total. The number of nitrogens with one attached hydrogen (secondary N) is 1. The van der Waals surface area contributed by atoms with Crippen LogP contribution in [0.4, 0.5) is 5.69 Å². The third-order valence-corrected chi connectivity index (χ3v) is 4.49. The van der Waals surface area contributed by atoms with Crippen LogP contribution in [0.1, 0.15) is 28.8 Å². The Morgan fingerprint density at radius 2 is 1.75 bits per heavy atom. The largest absolute Gasteiger partial charge is 0.355 e. The molecule has 2 aromatic carbocycles. The molecule has 0 radical (unpaired) electrons. The predicted molar refractivity (Wildman–Crippen MR) is 107 cm³/mol. The summed E-state index contributed by atoms with van der Waals surface area (Å²) in [4.78, 5) is 38.2. The molecular weight excluding hydrogens is 356 g/mol. The minimum atomic E-state index is -0.219. The number of amides is 3. The molecule has 7 heteroatoms. The highest BCUT2D eigenvalue weighted by Gasteiger charge is 2.27. The van der Waals surface area contributed by atoms with E-state index in [1.807, 2.05) is 30.3 Å². The fourth-order valence-corrected chi connectivity index (χ4v) is 2.95. The molecule has 28 heavy (non-hydrogen) atoms. The van der Waals surface area contributed by atoms with E-state index in [1.54, 1.807) is 43.3 Å². The first-order valence-electron chi connectivity index (χ1n) is 9.01. The molecule has 1 N–H and O–H groups in total. The van der Waals surface area contributed by atoms with Gasteiger partial charge in [-0.05, 0) is 29.8 Å². The van der Waals surface area contributed by atoms with Crippen LogP contribution in [-0.2, 0) is 16.1 Å². The van der Waals surface area contributed by atoms with Gasteiger partial charge in [-0.1, -0.05) is 30.3 Å². The standard InChI is InChI=1S/C21H22N4O3/c1-22-20(27)16-10-8-15(9-11-16)14-24(2)21(28)18-12-13-19(26)25(23-18)17-6-4-3-5-7-17/h3-11H,12-14H2,1-2H3,(H,22,27). The Morgan fingerprint density at radius 1 is 1.07 bits per heavy atom. The van der Waals surface area contributed by atoms with E-state index in [1.165, 1.54) is 5.01 Å². The summed E-state index contributed by atoms with van der Waals surface area (Å²) in [6, 6.07) is 16.1. The van der Waals surface area contributed by atoms with Crippen LogP contribution in [0.2, 0.25) is 0 Å². The van der Waals surface area contributed by atoms with Crippen molar-refractivity contribution < 1.29 is 14.4 Å². The van der Waals surface area contributed by atoms with Crippen molar-refractivity contribution in [3.8, 4) is 0 Å². The van der Waals surface area contributed by atoms with Gasteiger partial charge >= 0.3 is 0 Å². The van der Waals surface area contributed by atoms with Gasteiger partial charge in [0.1, 0.15) is 5.71 Å². The molecule has 0 unspecified atom stereocenters. The van der Waals surface area contributed by atoms with Crippen LogP contribution >= 0.6 is 0 Å². The highest BCUT2D eigenvalue weighted by Crippen LogP contribution is 2.20. The fourth-order valence-electron chi connectivity index (χ4n) is 2.95. The van der Waals surface area contributed by atoms with Crippen LogP contribution < -0.4 is 10.3 Å². The molecule has 0 fully saturated rings. The molecule has 1 aliphatic heterocycles. The summed E-state index contributed by atoms with van der Waals surface area (Å²) in [5, 5.41) is 8.17. The van der Waals surface area contributed by atoms with E-state index in [0.717, 1.165) is 5.56 Å². The number of anilines is 1. The summed E-state index contributed by atoms with van der Waals surface area (Å²) in [6.07, 6.45) is 0.565. The van der Waals surface area contributed by atoms with E-state index in [9.17, 15) is 14.4 Å². The third kappa shape index (κ3) is 4.25. The highest BCUT2D eigenvalue weighted by molar-refractivity contribution is 6.40. The van der Waals surface area contributed by atoms with Crippen LogP contribution in [0, 0.1) is 0 Å². The quantitative estimate of drug-likeness (QED) is 0.866. The van der Waals surface area contributed by atoms with E-state index in [4.69, 9.17) is 0 Å². The van der Waals surface area contributed by atoms with Crippen molar-refractivity contribution >= 4 is 29.1 Å². The van der Waals surface area contributed by atoms with E-state index in [-0.39, 0.29) is 24.1 Å². The second kappa shape index (κ2) is 8.47. The number of hydrazone groups is 1. The zero-order valence-electron chi connectivity index (χ0n) is 15.9. The SMILES string of the molecule is CNC(=O)c1ccc(CN(C)C(=O)C2=NN(c3ccccc3)C(=O)CC2)cc1. The summed E-state index contributed by atoms with van der Waals surface area (Å²) < 4.78 is 0. The molecule has 0 aliphatic carbocycles. The molecular formula is C21H22N4O3. The highest BCUT2D eigenvalue weighted by atomic mass is 16.2. The number of para-hydroxylation sites is 1. The Morgan fingerprint density at radius 3 is 2.39 bits per heavy atom. The Labute approximate surface area is 163 Å². The predicted octanol–water partition coefficient (Wildman–Crippen LogP) is 2.19. The Bertz CT molecular complexity index is 907. The van der Waals surface area contributed by atoms with Gasteiger partial charge in [0.15, 0.2) is 0 Å². The maximum atomic E-state index is 12.8. The first-order valence-corrected chi connectivity index (χ1v) is 9.01. The van der Waals surface area contributed by atoms with Crippen molar-refractivity contribution in [1.82, 2.24) is 10.2 Å². The van der Waals surface area contributed by atoms with Crippen LogP contribution in [-0.4, -0.2) is 42.4 Å². The molecule has 0 atom stereocenters. The molecule has 0 spiro atoms. The van der Waals surface area contributed by atoms with Crippen LogP contribution in [0.25, 0.3) is 0 Å². The lowest BCUT2D eigenvalue weighted by atomic mass is 10.1. The summed E-state index contributed by atoms with van der Waals surface area (Å²) >= 11 is 0. The lowest BCUT2D eigenvalue weighted by molar-refractivity contribution is -0.123. The van der Waals surface area contributed by atoms with Gasteiger partial charge in [0.25, 0.3) is 11.8 Å². The van der Waals surface area contributed by atoms with Crippen molar-refractivity contribution in [2.45, 2.75) is 19.4 Å². The lowest BCUT2D eigenvalue weighted by Gasteiger charge is -2.25. The van der Waals surface area contributed by atoms with Gasteiger partial charge in [-0.15, -0.1) is 0 Å². The van der Waals surface area contributed by atoms with Gasteiger partial charge in [0.05, 0.1) is 5.69 Å². The van der Waals surface area contributed by atoms with E-state index >= 15 is 0 Å². The second-order valence-electron chi connectivity index (χ2n) is 6.53. The van der Waals surface area contributed by atoms with Crippen molar-refractivity contribution in [3.63, 3.8) is 0 Å². The molecule has 1 heterocycles. The number of carbonyl (C=O) groups excluding carboxylic acids is 3. The monoisotopic (exact) mass is 378 g/mol. The van der Waals surface area contributed by atoms with E-state index in [2.05, 4.69) is 10.4 Å². The maximum absolute atomic E-state index is 12.8. The van der Waals surface area contributed by atoms with E-state index < -0.39 is 0 Å². The number of hydrogen-bond donors (Lipinski definition) is 1. The fraction of sp³-hybridized carbons (Fsp3) is 0.238. The molecule has 0 saturated carbocycles. The lowest BCUT2D eigenvalue weighted by Crippen LogP contribution is -2.39. The molecule has 0 aromatic heterocycles. The molecule has 1 aliphatic rings. The van der Waals surface area contributed by atoms with Crippen LogP contribution in [0.3, 0.4) is 0 Å². The van der Waals surface area contributed by atoms with Gasteiger partial charge in [-0.2, -0.15) is 5.10 Å². The number of carbonyl (C=O) groups is 3. The average molecular weight is 378 g/mol. The zero-order chi connectivity index (χ0) is 20.1. The van der Waals surface area contributed by atoms with Gasteiger partial charge in [-0.25, -0.2) is 5.01 Å². The summed E-state index contributed by atoms with van der Waals surface area (Å²) in [7, 11) is 3.28. The summed E-state index contributed by atoms with van der Waals surface area (Å²) in [6.45, 7) is 0.380. The average Bonchev–Trinajstić information content (AvgIpc) is 2.74. The van der Waals surface area contributed by atoms with Crippen LogP contribution in [0.15, 0.2) is 59.7 Å². The summed E-state index contributed by atoms with van der Waals surface area (Å²) in [5.74, 6) is -0.503. The number of rotatable bonds is 5. The van der Waals surface area contributed by atoms with Crippen molar-refractivity contribution in [3.05, 3.63) is 65.7 Å². The van der Waals surface area contributed by atoms with Crippen LogP contribution in [0.5, 0.6) is 0 Å². The molecule has 3 rings (SSSR count). The van der Waals surface area contributed by atoms with Gasteiger partial charge < -0.3 is 10.2 Å². The minimum absolute atomic E-state index is 0.129. The molecule has 2 aromatic rings. The first kappa shape index (κ1) is 19.3. The second-order valence-corrected chi connectivity index (χ2v) is 6.53. The summed E-state index contributed by atoms with van der Waals surface area (Å²) in [5.41, 5.74) is 2.46. The van der Waals surface area contributed by atoms with Crippen molar-refractivity contribution in [2.75, 3.05) is 19.1 Å². The maximum Gasteiger partial charge on any atom is 0.270 e. The third-order valence-electron chi connectivity index (χ3n) is 4.49. The number of benzene rings is 2. The zero-order valence-corrected chi connectivity index (χ0v) is 15.9. The molecule has 0 bridgehead atoms. The first-order chi connectivity index (χ1) is 13.5. The van der Waals surface area contributed by atoms with Crippen molar-refractivity contribution in [1.29, 1.82) is 0 Å². The van der Waals surface area contributed by atoms with Gasteiger partial charge in [-0.3, -0.25) is 14.4 Å². The Balaban J connectivity index is 1.72. The van der Waals surface area contributed by atoms with Gasteiger partial charge in [0, 0.05) is 39.0 Å². The Hall–Kier alpha value is -3.48. The molecule has 144 valence electrons. The van der Waals surface area contributed by atoms with Crippen molar-refractivity contribution in [2.24, 2.45) is 5.10 Å². The molecule has 0 saturated heterocycles. The minimum Gasteiger partial charge on any atom is -0.355 e.